The third-order valence-corrected chi connectivity index (χ3v) is 5.36. The van der Waals surface area contributed by atoms with Gasteiger partial charge in [-0.15, -0.1) is 5.10 Å². The first-order valence-corrected chi connectivity index (χ1v) is 9.94. The smallest absolute Gasteiger partial charge is 0.234 e. The van der Waals surface area contributed by atoms with Crippen LogP contribution in [-0.4, -0.2) is 47.7 Å². The summed E-state index contributed by atoms with van der Waals surface area (Å²) in [5, 5.41) is 15.2. The fraction of sp³-hybridized carbons (Fsp3) is 0.176. The monoisotopic (exact) mass is 413 g/mol. The van der Waals surface area contributed by atoms with Crippen molar-refractivity contribution in [2.45, 2.75) is 12.1 Å². The average Bonchev–Trinajstić information content (AvgIpc) is 3.36. The van der Waals surface area contributed by atoms with Crippen LogP contribution in [0.5, 0.6) is 5.75 Å². The molecular formula is C17H15N7O2S2. The summed E-state index contributed by atoms with van der Waals surface area (Å²) in [5.41, 5.74) is 3.83. The van der Waals surface area contributed by atoms with Crippen molar-refractivity contribution >= 4 is 46.1 Å². The normalized spacial score (nSPS) is 10.9. The average molecular weight is 413 g/mol. The van der Waals surface area contributed by atoms with E-state index in [0.29, 0.717) is 27.8 Å². The zero-order chi connectivity index (χ0) is 19.5. The molecule has 2 aromatic heterocycles. The molecule has 9 nitrogen and oxygen atoms in total. The maximum Gasteiger partial charge on any atom is 0.234 e. The summed E-state index contributed by atoms with van der Waals surface area (Å²) in [5.74, 6) is 0.603. The molecule has 2 heterocycles. The number of anilines is 1. The number of carbonyl (C=O) groups is 1. The van der Waals surface area contributed by atoms with Crippen molar-refractivity contribution in [3.05, 3.63) is 42.0 Å². The van der Waals surface area contributed by atoms with E-state index in [0.717, 1.165) is 22.8 Å². The number of thioether (sulfide) groups is 1. The second-order valence-corrected chi connectivity index (χ2v) is 7.29. The maximum absolute atomic E-state index is 12.4. The molecule has 0 aliphatic carbocycles. The summed E-state index contributed by atoms with van der Waals surface area (Å²) < 4.78 is 15.4. The molecule has 0 aliphatic rings. The molecule has 0 radical (unpaired) electrons. The summed E-state index contributed by atoms with van der Waals surface area (Å²) >= 11 is 2.35. The minimum Gasteiger partial charge on any atom is -0.494 e. The Bertz CT molecular complexity index is 1140. The van der Waals surface area contributed by atoms with Gasteiger partial charge in [-0.2, -0.15) is 13.4 Å². The van der Waals surface area contributed by atoms with Crippen LogP contribution in [0.3, 0.4) is 0 Å². The van der Waals surface area contributed by atoms with Gasteiger partial charge in [0, 0.05) is 0 Å². The summed E-state index contributed by atoms with van der Waals surface area (Å²) in [7, 11) is 1.59. The van der Waals surface area contributed by atoms with Crippen LogP contribution in [0.2, 0.25) is 0 Å². The predicted molar refractivity (Wildman–Crippen MR) is 107 cm³/mol. The van der Waals surface area contributed by atoms with Gasteiger partial charge in [-0.05, 0) is 47.2 Å². The number of aryl methyl sites for hydroxylation is 1. The first-order chi connectivity index (χ1) is 13.7. The van der Waals surface area contributed by atoms with Crippen LogP contribution in [0.1, 0.15) is 5.56 Å². The Labute approximate surface area is 168 Å². The van der Waals surface area contributed by atoms with Crippen molar-refractivity contribution in [3.8, 4) is 11.4 Å². The van der Waals surface area contributed by atoms with Crippen molar-refractivity contribution in [2.75, 3.05) is 18.2 Å². The Kier molecular flexibility index (Phi) is 5.17. The van der Waals surface area contributed by atoms with Gasteiger partial charge in [-0.3, -0.25) is 4.79 Å². The van der Waals surface area contributed by atoms with E-state index in [9.17, 15) is 4.79 Å². The highest BCUT2D eigenvalue weighted by Crippen LogP contribution is 2.27. The number of nitrogens with one attached hydrogen (secondary N) is 1. The fourth-order valence-electron chi connectivity index (χ4n) is 2.61. The number of hydrogen-bond acceptors (Lipinski definition) is 9. The van der Waals surface area contributed by atoms with Crippen molar-refractivity contribution in [1.29, 1.82) is 0 Å². The molecule has 142 valence electrons. The third-order valence-electron chi connectivity index (χ3n) is 3.90. The first kappa shape index (κ1) is 18.3. The molecular weight excluding hydrogens is 398 g/mol. The quantitative estimate of drug-likeness (QED) is 0.481. The number of fused-ring (bicyclic) bond motifs is 1. The lowest BCUT2D eigenvalue weighted by atomic mass is 10.2. The van der Waals surface area contributed by atoms with Gasteiger partial charge in [0.05, 0.1) is 30.3 Å². The number of aromatic nitrogens is 6. The molecule has 0 fully saturated rings. The molecule has 0 unspecified atom stereocenters. The number of amides is 1. The van der Waals surface area contributed by atoms with Crippen molar-refractivity contribution in [1.82, 2.24) is 29.0 Å². The zero-order valence-electron chi connectivity index (χ0n) is 15.0. The molecule has 0 saturated heterocycles. The van der Waals surface area contributed by atoms with Gasteiger partial charge in [0.25, 0.3) is 0 Å². The Morgan fingerprint density at radius 1 is 1.29 bits per heavy atom. The Morgan fingerprint density at radius 3 is 3.04 bits per heavy atom. The minimum atomic E-state index is -0.184. The van der Waals surface area contributed by atoms with E-state index in [4.69, 9.17) is 4.74 Å². The van der Waals surface area contributed by atoms with Crippen molar-refractivity contribution < 1.29 is 9.53 Å². The van der Waals surface area contributed by atoms with E-state index in [1.165, 1.54) is 11.8 Å². The second kappa shape index (κ2) is 7.90. The molecule has 4 aromatic rings. The molecule has 0 aliphatic heterocycles. The molecule has 0 spiro atoms. The van der Waals surface area contributed by atoms with Crippen LogP contribution in [0.4, 0.5) is 5.69 Å². The Balaban J connectivity index is 1.49. The van der Waals surface area contributed by atoms with Gasteiger partial charge in [-0.25, -0.2) is 0 Å². The second-order valence-electron chi connectivity index (χ2n) is 5.82. The third kappa shape index (κ3) is 3.66. The van der Waals surface area contributed by atoms with Crippen LogP contribution in [0.15, 0.2) is 41.6 Å². The standard InChI is InChI=1S/C17H15N7O2S2/c1-10-6-7-14(26-2)13(8-10)24-17(19-22-23-24)27-9-15(25)18-11-4-3-5-12-16(11)21-28-20-12/h3-8H,9H2,1-2H3,(H,18,25). The van der Waals surface area contributed by atoms with E-state index in [2.05, 4.69) is 29.6 Å². The zero-order valence-corrected chi connectivity index (χ0v) is 16.6. The van der Waals surface area contributed by atoms with Gasteiger partial charge in [0.15, 0.2) is 0 Å². The fourth-order valence-corrected chi connectivity index (χ4v) is 3.84. The lowest BCUT2D eigenvalue weighted by Crippen LogP contribution is -2.15. The molecule has 1 N–H and O–H groups in total. The highest BCUT2D eigenvalue weighted by molar-refractivity contribution is 7.99. The molecule has 0 atom stereocenters. The van der Waals surface area contributed by atoms with Gasteiger partial charge in [0.1, 0.15) is 22.5 Å². The number of rotatable bonds is 6. The number of nitrogens with zero attached hydrogens (tertiary/aromatic N) is 6. The summed E-state index contributed by atoms with van der Waals surface area (Å²) in [6.45, 7) is 1.97. The molecule has 2 aromatic carbocycles. The van der Waals surface area contributed by atoms with Crippen LogP contribution < -0.4 is 10.1 Å². The lowest BCUT2D eigenvalue weighted by molar-refractivity contribution is -0.113. The topological polar surface area (TPSA) is 108 Å². The first-order valence-electron chi connectivity index (χ1n) is 8.23. The van der Waals surface area contributed by atoms with Crippen LogP contribution in [-0.2, 0) is 4.79 Å². The summed E-state index contributed by atoms with van der Waals surface area (Å²) in [6, 6.07) is 11.2. The van der Waals surface area contributed by atoms with Gasteiger partial charge >= 0.3 is 0 Å². The van der Waals surface area contributed by atoms with Gasteiger partial charge in [-0.1, -0.05) is 23.9 Å². The summed E-state index contributed by atoms with van der Waals surface area (Å²) in [4.78, 5) is 12.4. The van der Waals surface area contributed by atoms with Crippen molar-refractivity contribution in [3.63, 3.8) is 0 Å². The largest absolute Gasteiger partial charge is 0.494 e. The molecule has 28 heavy (non-hydrogen) atoms. The highest BCUT2D eigenvalue weighted by Gasteiger charge is 2.16. The van der Waals surface area contributed by atoms with Crippen LogP contribution in [0, 0.1) is 6.92 Å². The molecule has 11 heteroatoms. The number of benzene rings is 2. The number of tetrazole rings is 1. The van der Waals surface area contributed by atoms with Crippen LogP contribution in [0.25, 0.3) is 16.7 Å². The number of carbonyl (C=O) groups excluding carboxylic acids is 1. The SMILES string of the molecule is COc1ccc(C)cc1-n1nnnc1SCC(=O)Nc1cccc2nsnc12. The highest BCUT2D eigenvalue weighted by atomic mass is 32.2. The molecule has 1 amide bonds. The Hall–Kier alpha value is -3.05. The number of methoxy groups -OCH3 is 1. The van der Waals surface area contributed by atoms with E-state index in [1.54, 1.807) is 17.9 Å². The summed E-state index contributed by atoms with van der Waals surface area (Å²) in [6.07, 6.45) is 0. The van der Waals surface area contributed by atoms with Crippen LogP contribution >= 0.6 is 23.5 Å². The van der Waals surface area contributed by atoms with E-state index < -0.39 is 0 Å². The van der Waals surface area contributed by atoms with E-state index >= 15 is 0 Å². The predicted octanol–water partition coefficient (Wildman–Crippen LogP) is 2.71. The Morgan fingerprint density at radius 2 is 2.18 bits per heavy atom. The van der Waals surface area contributed by atoms with E-state index in [1.807, 2.05) is 37.3 Å². The molecule has 0 saturated carbocycles. The maximum atomic E-state index is 12.4. The number of hydrogen-bond donors (Lipinski definition) is 1. The van der Waals surface area contributed by atoms with Crippen molar-refractivity contribution in [2.24, 2.45) is 0 Å². The molecule has 4 rings (SSSR count). The molecule has 0 bridgehead atoms. The van der Waals surface area contributed by atoms with Gasteiger partial charge < -0.3 is 10.1 Å². The van der Waals surface area contributed by atoms with Gasteiger partial charge in [0.2, 0.25) is 11.1 Å². The minimum absolute atomic E-state index is 0.141. The number of ether oxygens (including phenoxy) is 1. The lowest BCUT2D eigenvalue weighted by Gasteiger charge is -2.10. The van der Waals surface area contributed by atoms with E-state index in [-0.39, 0.29) is 11.7 Å².